The van der Waals surface area contributed by atoms with Crippen molar-refractivity contribution in [2.45, 2.75) is 123 Å². The predicted molar refractivity (Wildman–Crippen MR) is 113 cm³/mol. The Bertz CT molecular complexity index is 352. The minimum Gasteiger partial charge on any atom is -0.354 e. The average Bonchev–Trinajstić information content (AvgIpc) is 3.11. The first-order chi connectivity index (χ1) is 12.3. The van der Waals surface area contributed by atoms with Crippen LogP contribution in [0.25, 0.3) is 0 Å². The largest absolute Gasteiger partial charge is 0.354 e. The fourth-order valence-corrected chi connectivity index (χ4v) is 3.66. The van der Waals surface area contributed by atoms with Gasteiger partial charge < -0.3 is 4.57 Å². The van der Waals surface area contributed by atoms with Crippen LogP contribution in [-0.2, 0) is 6.54 Å². The van der Waals surface area contributed by atoms with Crippen molar-refractivity contribution in [1.29, 1.82) is 0 Å². The summed E-state index contributed by atoms with van der Waals surface area (Å²) < 4.78 is 2.30. The molecule has 0 bridgehead atoms. The Morgan fingerprint density at radius 3 is 1.28 bits per heavy atom. The Balaban J connectivity index is 1.67. The highest BCUT2D eigenvalue weighted by Gasteiger charge is 1.96. The van der Waals surface area contributed by atoms with Crippen LogP contribution in [-0.4, -0.2) is 4.57 Å². The summed E-state index contributed by atoms with van der Waals surface area (Å²) in [5.74, 6) is 0.893. The maximum absolute atomic E-state index is 2.34. The first-order valence-electron chi connectivity index (χ1n) is 11.4. The quantitative estimate of drug-likeness (QED) is 0.235. The summed E-state index contributed by atoms with van der Waals surface area (Å²) in [6.07, 6.45) is 27.5. The van der Waals surface area contributed by atoms with Gasteiger partial charge in [0.25, 0.3) is 0 Å². The summed E-state index contributed by atoms with van der Waals surface area (Å²) in [6, 6.07) is 4.24. The third-order valence-corrected chi connectivity index (χ3v) is 5.36. The van der Waals surface area contributed by atoms with E-state index in [2.05, 4.69) is 42.9 Å². The van der Waals surface area contributed by atoms with E-state index in [0.717, 1.165) is 5.92 Å². The van der Waals surface area contributed by atoms with Gasteiger partial charge in [-0.1, -0.05) is 110 Å². The minimum atomic E-state index is 0.893. The number of unbranched alkanes of at least 4 members (excludes halogenated alkanes) is 14. The monoisotopic (exact) mass is 347 g/mol. The van der Waals surface area contributed by atoms with Crippen molar-refractivity contribution < 1.29 is 0 Å². The van der Waals surface area contributed by atoms with E-state index >= 15 is 0 Å². The van der Waals surface area contributed by atoms with Crippen LogP contribution in [0.1, 0.15) is 117 Å². The smallest absolute Gasteiger partial charge is 0.0219 e. The number of aryl methyl sites for hydroxylation is 1. The van der Waals surface area contributed by atoms with Crippen molar-refractivity contribution in [3.05, 3.63) is 24.5 Å². The summed E-state index contributed by atoms with van der Waals surface area (Å²) in [7, 11) is 0. The second-order valence-electron chi connectivity index (χ2n) is 8.41. The zero-order valence-corrected chi connectivity index (χ0v) is 17.4. The van der Waals surface area contributed by atoms with Gasteiger partial charge in [0.2, 0.25) is 0 Å². The zero-order chi connectivity index (χ0) is 18.0. The highest BCUT2D eigenvalue weighted by molar-refractivity contribution is 4.89. The van der Waals surface area contributed by atoms with Gasteiger partial charge >= 0.3 is 0 Å². The first kappa shape index (κ1) is 22.3. The Labute approximate surface area is 158 Å². The van der Waals surface area contributed by atoms with Crippen LogP contribution in [0, 0.1) is 5.92 Å². The standard InChI is InChI=1S/C24H45N/c1-24(2)20-16-14-12-10-8-6-4-3-5-7-9-11-13-15-17-21-25-22-18-19-23-25/h18-19,22-24H,3-17,20-21H2,1-2H3. The van der Waals surface area contributed by atoms with E-state index in [0.29, 0.717) is 0 Å². The first-order valence-corrected chi connectivity index (χ1v) is 11.4. The van der Waals surface area contributed by atoms with Crippen molar-refractivity contribution in [3.63, 3.8) is 0 Å². The molecule has 0 saturated heterocycles. The lowest BCUT2D eigenvalue weighted by atomic mass is 10.0. The molecule has 25 heavy (non-hydrogen) atoms. The molecule has 0 aliphatic carbocycles. The fourth-order valence-electron chi connectivity index (χ4n) is 3.66. The van der Waals surface area contributed by atoms with Gasteiger partial charge in [0.05, 0.1) is 0 Å². The van der Waals surface area contributed by atoms with Crippen LogP contribution in [0.15, 0.2) is 24.5 Å². The van der Waals surface area contributed by atoms with Crippen LogP contribution in [0.5, 0.6) is 0 Å². The van der Waals surface area contributed by atoms with Crippen LogP contribution in [0.2, 0.25) is 0 Å². The third kappa shape index (κ3) is 15.3. The van der Waals surface area contributed by atoms with Crippen LogP contribution in [0.3, 0.4) is 0 Å². The predicted octanol–water partition coefficient (Wildman–Crippen LogP) is 8.39. The molecule has 1 heterocycles. The van der Waals surface area contributed by atoms with Crippen molar-refractivity contribution in [2.75, 3.05) is 0 Å². The van der Waals surface area contributed by atoms with E-state index in [4.69, 9.17) is 0 Å². The van der Waals surface area contributed by atoms with Crippen molar-refractivity contribution in [2.24, 2.45) is 5.92 Å². The maximum atomic E-state index is 2.34. The van der Waals surface area contributed by atoms with Gasteiger partial charge in [-0.05, 0) is 24.5 Å². The molecular formula is C24H45N. The van der Waals surface area contributed by atoms with E-state index in [1.54, 1.807) is 0 Å². The van der Waals surface area contributed by atoms with Crippen molar-refractivity contribution >= 4 is 0 Å². The summed E-state index contributed by atoms with van der Waals surface area (Å²) in [6.45, 7) is 5.88. The lowest BCUT2D eigenvalue weighted by molar-refractivity contribution is 0.501. The van der Waals surface area contributed by atoms with Crippen LogP contribution in [0.4, 0.5) is 0 Å². The van der Waals surface area contributed by atoms with Gasteiger partial charge in [-0.15, -0.1) is 0 Å². The number of rotatable bonds is 18. The molecule has 1 aromatic rings. The molecule has 146 valence electrons. The summed E-state index contributed by atoms with van der Waals surface area (Å²) in [5.41, 5.74) is 0. The summed E-state index contributed by atoms with van der Waals surface area (Å²) >= 11 is 0. The molecule has 0 radical (unpaired) electrons. The lowest BCUT2D eigenvalue weighted by Crippen LogP contribution is -1.93. The molecule has 0 aliphatic rings. The van der Waals surface area contributed by atoms with Gasteiger partial charge in [-0.3, -0.25) is 0 Å². The van der Waals surface area contributed by atoms with E-state index in [9.17, 15) is 0 Å². The molecule has 0 spiro atoms. The lowest BCUT2D eigenvalue weighted by Gasteiger charge is -2.05. The highest BCUT2D eigenvalue weighted by Crippen LogP contribution is 2.15. The molecule has 0 amide bonds. The Kier molecular flexibility index (Phi) is 14.9. The molecule has 1 rings (SSSR count). The number of nitrogens with zero attached hydrogens (tertiary/aromatic N) is 1. The van der Waals surface area contributed by atoms with Crippen molar-refractivity contribution in [3.8, 4) is 0 Å². The molecule has 0 fully saturated rings. The van der Waals surface area contributed by atoms with Gasteiger partial charge in [-0.25, -0.2) is 0 Å². The number of hydrogen-bond donors (Lipinski definition) is 0. The molecule has 0 unspecified atom stereocenters. The second-order valence-corrected chi connectivity index (χ2v) is 8.41. The normalized spacial score (nSPS) is 11.5. The van der Waals surface area contributed by atoms with Crippen molar-refractivity contribution in [1.82, 2.24) is 4.57 Å². The zero-order valence-electron chi connectivity index (χ0n) is 17.4. The van der Waals surface area contributed by atoms with E-state index < -0.39 is 0 Å². The minimum absolute atomic E-state index is 0.893. The Morgan fingerprint density at radius 1 is 0.520 bits per heavy atom. The molecule has 0 saturated carbocycles. The molecule has 1 heteroatoms. The molecule has 1 nitrogen and oxygen atoms in total. The fraction of sp³-hybridized carbons (Fsp3) is 0.833. The molecule has 0 N–H and O–H groups in total. The second kappa shape index (κ2) is 16.7. The van der Waals surface area contributed by atoms with Gasteiger partial charge in [0, 0.05) is 18.9 Å². The highest BCUT2D eigenvalue weighted by atomic mass is 14.9. The average molecular weight is 348 g/mol. The molecule has 0 aliphatic heterocycles. The molecule has 0 atom stereocenters. The van der Waals surface area contributed by atoms with Gasteiger partial charge in [0.1, 0.15) is 0 Å². The Morgan fingerprint density at radius 2 is 0.880 bits per heavy atom. The van der Waals surface area contributed by atoms with E-state index in [-0.39, 0.29) is 0 Å². The molecule has 0 aromatic carbocycles. The van der Waals surface area contributed by atoms with Crippen LogP contribution >= 0.6 is 0 Å². The number of hydrogen-bond acceptors (Lipinski definition) is 0. The topological polar surface area (TPSA) is 4.93 Å². The van der Waals surface area contributed by atoms with E-state index in [1.165, 1.54) is 109 Å². The van der Waals surface area contributed by atoms with Gasteiger partial charge in [0.15, 0.2) is 0 Å². The van der Waals surface area contributed by atoms with E-state index in [1.807, 2.05) is 0 Å². The number of aromatic nitrogens is 1. The summed E-state index contributed by atoms with van der Waals surface area (Å²) in [4.78, 5) is 0. The Hall–Kier alpha value is -0.720. The molecular weight excluding hydrogens is 302 g/mol. The SMILES string of the molecule is CC(C)CCCCCCCCCCCCCCCCCn1cccc1. The van der Waals surface area contributed by atoms with Crippen LogP contribution < -0.4 is 0 Å². The summed E-state index contributed by atoms with van der Waals surface area (Å²) in [5, 5.41) is 0. The van der Waals surface area contributed by atoms with Gasteiger partial charge in [-0.2, -0.15) is 0 Å². The maximum Gasteiger partial charge on any atom is 0.0219 e. The third-order valence-electron chi connectivity index (χ3n) is 5.36. The molecule has 1 aromatic heterocycles.